The largest absolute Gasteiger partial charge is 0.461 e. The number of hydrogen-bond donors (Lipinski definition) is 3. The van der Waals surface area contributed by atoms with Crippen LogP contribution in [0.3, 0.4) is 0 Å². The highest BCUT2D eigenvalue weighted by atomic mass is 32.2. The van der Waals surface area contributed by atoms with Gasteiger partial charge < -0.3 is 15.4 Å². The number of anilines is 3. The molecule has 12 nitrogen and oxygen atoms in total. The molecule has 0 aliphatic heterocycles. The number of amides is 1. The monoisotopic (exact) mass is 483 g/mol. The van der Waals surface area contributed by atoms with Gasteiger partial charge in [-0.05, 0) is 62.7 Å². The minimum Gasteiger partial charge on any atom is -0.461 e. The van der Waals surface area contributed by atoms with Crippen molar-refractivity contribution < 1.29 is 19.2 Å². The number of nitrogens with zero attached hydrogens (tertiary/aromatic N) is 4. The first-order valence-corrected chi connectivity index (χ1v) is 11.3. The van der Waals surface area contributed by atoms with E-state index in [4.69, 9.17) is 4.74 Å². The molecule has 1 fully saturated rings. The number of aromatic nitrogens is 4. The molecule has 3 N–H and O–H groups in total. The molecule has 2 aromatic heterocycles. The summed E-state index contributed by atoms with van der Waals surface area (Å²) in [4.78, 5) is 44.6. The molecule has 0 unspecified atom stereocenters. The Labute approximate surface area is 198 Å². The van der Waals surface area contributed by atoms with Crippen LogP contribution < -0.4 is 10.6 Å². The van der Waals surface area contributed by atoms with Crippen molar-refractivity contribution in [1.82, 2.24) is 20.2 Å². The number of rotatable bonds is 9. The zero-order valence-electron chi connectivity index (χ0n) is 18.3. The van der Waals surface area contributed by atoms with Crippen LogP contribution in [0, 0.1) is 23.0 Å². The van der Waals surface area contributed by atoms with Crippen molar-refractivity contribution in [1.29, 1.82) is 0 Å². The van der Waals surface area contributed by atoms with Gasteiger partial charge in [-0.3, -0.25) is 20.0 Å². The molecule has 0 saturated heterocycles. The van der Waals surface area contributed by atoms with E-state index in [0.717, 1.165) is 30.3 Å². The normalized spacial score (nSPS) is 12.8. The van der Waals surface area contributed by atoms with Gasteiger partial charge in [0.2, 0.25) is 17.4 Å². The Kier molecular flexibility index (Phi) is 6.72. The third-order valence-corrected chi connectivity index (χ3v) is 5.62. The van der Waals surface area contributed by atoms with E-state index in [1.807, 2.05) is 0 Å². The fraction of sp³-hybridized carbons (Fsp3) is 0.286. The Morgan fingerprint density at radius 3 is 2.59 bits per heavy atom. The second kappa shape index (κ2) is 9.87. The van der Waals surface area contributed by atoms with Crippen molar-refractivity contribution >= 4 is 46.6 Å². The fourth-order valence-corrected chi connectivity index (χ4v) is 3.74. The van der Waals surface area contributed by atoms with Gasteiger partial charge >= 0.3 is 11.7 Å². The molecule has 0 bridgehead atoms. The number of nitro groups is 1. The van der Waals surface area contributed by atoms with E-state index in [1.54, 1.807) is 44.2 Å². The minimum atomic E-state index is -0.933. The summed E-state index contributed by atoms with van der Waals surface area (Å²) in [5.41, 5.74) is 0.316. The number of aryl methyl sites for hydroxylation is 1. The number of carbonyl (C=O) groups excluding carboxylic acids is 2. The third-order valence-electron chi connectivity index (χ3n) is 4.75. The van der Waals surface area contributed by atoms with Crippen LogP contribution in [0.1, 0.15) is 35.9 Å². The van der Waals surface area contributed by atoms with Gasteiger partial charge in [-0.25, -0.2) is 9.78 Å². The first-order chi connectivity index (χ1) is 16.3. The summed E-state index contributed by atoms with van der Waals surface area (Å²) < 4.78 is 4.98. The number of carbonyl (C=O) groups is 2. The molecule has 1 amide bonds. The second-order valence-corrected chi connectivity index (χ2v) is 8.52. The molecule has 0 atom stereocenters. The van der Waals surface area contributed by atoms with Crippen molar-refractivity contribution in [3.05, 3.63) is 51.8 Å². The van der Waals surface area contributed by atoms with Crippen molar-refractivity contribution in [2.24, 2.45) is 5.92 Å². The van der Waals surface area contributed by atoms with Gasteiger partial charge in [-0.15, -0.1) is 0 Å². The summed E-state index contributed by atoms with van der Waals surface area (Å²) in [5, 5.41) is 24.3. The van der Waals surface area contributed by atoms with E-state index >= 15 is 0 Å². The van der Waals surface area contributed by atoms with E-state index in [9.17, 15) is 19.7 Å². The predicted molar refractivity (Wildman–Crippen MR) is 123 cm³/mol. The van der Waals surface area contributed by atoms with Gasteiger partial charge in [0.1, 0.15) is 0 Å². The van der Waals surface area contributed by atoms with Gasteiger partial charge in [-0.2, -0.15) is 10.1 Å². The van der Waals surface area contributed by atoms with E-state index in [2.05, 4.69) is 30.8 Å². The lowest BCUT2D eigenvalue weighted by Gasteiger charge is -2.10. The number of ether oxygens (including phenoxy) is 1. The zero-order chi connectivity index (χ0) is 24.2. The standard InChI is InChI=1S/C21H21N7O5S/c1-3-33-20(30)16-17(28(31)32)18(23-15-10-11(2)26-27-15)25-21(24-16)34-14-8-6-13(7-9-14)22-19(29)12-4-5-12/h6-10,12H,3-5H2,1-2H3,(H,22,29)(H2,23,24,25,26,27). The van der Waals surface area contributed by atoms with Crippen LogP contribution in [-0.2, 0) is 9.53 Å². The lowest BCUT2D eigenvalue weighted by atomic mass is 10.3. The molecule has 4 rings (SSSR count). The van der Waals surface area contributed by atoms with Gasteiger partial charge in [-0.1, -0.05) is 0 Å². The van der Waals surface area contributed by atoms with Crippen LogP contribution in [0.5, 0.6) is 0 Å². The number of benzene rings is 1. The third kappa shape index (κ3) is 5.49. The molecule has 1 aliphatic rings. The maximum atomic E-state index is 12.5. The second-order valence-electron chi connectivity index (χ2n) is 7.48. The summed E-state index contributed by atoms with van der Waals surface area (Å²) in [6.45, 7) is 3.39. The van der Waals surface area contributed by atoms with Crippen LogP contribution in [0.2, 0.25) is 0 Å². The molecular weight excluding hydrogens is 462 g/mol. The Hall–Kier alpha value is -4.00. The van der Waals surface area contributed by atoms with Gasteiger partial charge in [0, 0.05) is 28.3 Å². The first-order valence-electron chi connectivity index (χ1n) is 10.5. The van der Waals surface area contributed by atoms with Gasteiger partial charge in [0.05, 0.1) is 11.5 Å². The van der Waals surface area contributed by atoms with Crippen LogP contribution in [0.15, 0.2) is 40.4 Å². The first kappa shape index (κ1) is 23.2. The Balaban J connectivity index is 1.64. The molecule has 176 valence electrons. The van der Waals surface area contributed by atoms with Crippen LogP contribution >= 0.6 is 11.8 Å². The molecule has 1 aromatic carbocycles. The van der Waals surface area contributed by atoms with E-state index in [1.165, 1.54) is 0 Å². The number of H-pyrrole nitrogens is 1. The SMILES string of the molecule is CCOC(=O)c1nc(Sc2ccc(NC(=O)C3CC3)cc2)nc(Nc2cc(C)[nH]n2)c1[N+](=O)[O-]. The quantitative estimate of drug-likeness (QED) is 0.176. The summed E-state index contributed by atoms with van der Waals surface area (Å²) in [7, 11) is 0. The van der Waals surface area contributed by atoms with E-state index < -0.39 is 22.3 Å². The van der Waals surface area contributed by atoms with Crippen molar-refractivity contribution in [3.8, 4) is 0 Å². The molecule has 0 radical (unpaired) electrons. The maximum absolute atomic E-state index is 12.5. The zero-order valence-corrected chi connectivity index (χ0v) is 19.1. The average Bonchev–Trinajstić information content (AvgIpc) is 3.57. The van der Waals surface area contributed by atoms with Gasteiger partial charge in [0.25, 0.3) is 0 Å². The highest BCUT2D eigenvalue weighted by molar-refractivity contribution is 7.99. The van der Waals surface area contributed by atoms with Crippen molar-refractivity contribution in [2.45, 2.75) is 36.7 Å². The number of hydrogen-bond acceptors (Lipinski definition) is 10. The van der Waals surface area contributed by atoms with Crippen LogP contribution in [0.25, 0.3) is 0 Å². The Morgan fingerprint density at radius 2 is 2.00 bits per heavy atom. The van der Waals surface area contributed by atoms with E-state index in [-0.39, 0.29) is 29.4 Å². The van der Waals surface area contributed by atoms with Crippen LogP contribution in [0.4, 0.5) is 23.0 Å². The molecule has 34 heavy (non-hydrogen) atoms. The van der Waals surface area contributed by atoms with Crippen molar-refractivity contribution in [2.75, 3.05) is 17.2 Å². The molecule has 1 saturated carbocycles. The molecule has 0 spiro atoms. The Morgan fingerprint density at radius 1 is 1.26 bits per heavy atom. The lowest BCUT2D eigenvalue weighted by Crippen LogP contribution is -2.14. The summed E-state index contributed by atoms with van der Waals surface area (Å²) in [5.74, 6) is -0.736. The Bertz CT molecular complexity index is 1240. The van der Waals surface area contributed by atoms with Gasteiger partial charge in [0.15, 0.2) is 11.0 Å². The minimum absolute atomic E-state index is 0.00232. The maximum Gasteiger partial charge on any atom is 0.364 e. The molecule has 13 heteroatoms. The molecule has 2 heterocycles. The average molecular weight is 484 g/mol. The van der Waals surface area contributed by atoms with Crippen LogP contribution in [-0.4, -0.2) is 43.6 Å². The summed E-state index contributed by atoms with van der Waals surface area (Å²) in [6.07, 6.45) is 1.82. The summed E-state index contributed by atoms with van der Waals surface area (Å²) in [6, 6.07) is 8.63. The smallest absolute Gasteiger partial charge is 0.364 e. The number of aromatic amines is 1. The van der Waals surface area contributed by atoms with E-state index in [0.29, 0.717) is 16.4 Å². The highest BCUT2D eigenvalue weighted by Crippen LogP contribution is 2.34. The summed E-state index contributed by atoms with van der Waals surface area (Å²) >= 11 is 1.10. The number of esters is 1. The highest BCUT2D eigenvalue weighted by Gasteiger charge is 2.31. The molecule has 3 aromatic rings. The molecule has 1 aliphatic carbocycles. The lowest BCUT2D eigenvalue weighted by molar-refractivity contribution is -0.384. The fourth-order valence-electron chi connectivity index (χ4n) is 2.99. The van der Waals surface area contributed by atoms with Crippen molar-refractivity contribution in [3.63, 3.8) is 0 Å². The topological polar surface area (TPSA) is 165 Å². The molecular formula is C21H21N7O5S. The predicted octanol–water partition coefficient (Wildman–Crippen LogP) is 3.84. The number of nitrogens with one attached hydrogen (secondary N) is 3.